The van der Waals surface area contributed by atoms with Crippen LogP contribution in [0.5, 0.6) is 0 Å². The normalized spacial score (nSPS) is 14.1. The van der Waals surface area contributed by atoms with Crippen molar-refractivity contribution in [2.75, 3.05) is 6.61 Å². The van der Waals surface area contributed by atoms with Crippen molar-refractivity contribution in [3.63, 3.8) is 0 Å². The van der Waals surface area contributed by atoms with Gasteiger partial charge in [-0.05, 0) is 25.0 Å². The van der Waals surface area contributed by atoms with Crippen LogP contribution < -0.4 is 5.32 Å². The van der Waals surface area contributed by atoms with Crippen molar-refractivity contribution in [3.05, 3.63) is 41.1 Å². The highest BCUT2D eigenvalue weighted by Gasteiger charge is 2.22. The van der Waals surface area contributed by atoms with Gasteiger partial charge in [-0.3, -0.25) is 0 Å². The Bertz CT molecular complexity index is 449. The minimum atomic E-state index is -0.250. The number of benzene rings is 1. The van der Waals surface area contributed by atoms with Gasteiger partial charge in [-0.1, -0.05) is 24.3 Å². The first-order chi connectivity index (χ1) is 7.74. The predicted molar refractivity (Wildman–Crippen MR) is 62.5 cm³/mol. The third-order valence-corrected chi connectivity index (χ3v) is 2.69. The van der Waals surface area contributed by atoms with Gasteiger partial charge in [-0.2, -0.15) is 0 Å². The molecule has 0 aromatic heterocycles. The van der Waals surface area contributed by atoms with Crippen LogP contribution in [0.3, 0.4) is 0 Å². The second-order valence-electron chi connectivity index (χ2n) is 3.73. The van der Waals surface area contributed by atoms with E-state index in [1.807, 2.05) is 38.1 Å². The summed E-state index contributed by atoms with van der Waals surface area (Å²) in [7, 11) is 0. The van der Waals surface area contributed by atoms with Crippen molar-refractivity contribution in [3.8, 4) is 0 Å². The molecule has 0 fully saturated rings. The van der Waals surface area contributed by atoms with Crippen LogP contribution in [0.25, 0.3) is 5.57 Å². The summed E-state index contributed by atoms with van der Waals surface area (Å²) in [5.41, 5.74) is 3.66. The minimum Gasteiger partial charge on any atom is -0.462 e. The average Bonchev–Trinajstić information content (AvgIpc) is 2.29. The number of hydrogen-bond acceptors (Lipinski definition) is 3. The number of allylic oxidation sites excluding steroid dienone is 1. The van der Waals surface area contributed by atoms with Crippen LogP contribution in [-0.4, -0.2) is 12.6 Å². The van der Waals surface area contributed by atoms with Gasteiger partial charge in [-0.15, -0.1) is 0 Å². The van der Waals surface area contributed by atoms with Crippen molar-refractivity contribution >= 4 is 11.5 Å². The smallest absolute Gasteiger partial charge is 0.340 e. The summed E-state index contributed by atoms with van der Waals surface area (Å²) < 4.78 is 5.07. The first-order valence-corrected chi connectivity index (χ1v) is 5.44. The third-order valence-electron chi connectivity index (χ3n) is 2.69. The highest BCUT2D eigenvalue weighted by molar-refractivity contribution is 6.18. The highest BCUT2D eigenvalue weighted by Crippen LogP contribution is 2.26. The Morgan fingerprint density at radius 2 is 2.19 bits per heavy atom. The molecule has 0 bridgehead atoms. The average molecular weight is 217 g/mol. The molecular weight excluding hydrogens is 202 g/mol. The maximum Gasteiger partial charge on any atom is 0.340 e. The van der Waals surface area contributed by atoms with Crippen LogP contribution in [-0.2, 0) is 16.1 Å². The molecule has 0 amide bonds. The number of rotatable bonds is 2. The maximum absolute atomic E-state index is 11.9. The number of nitrogens with one attached hydrogen (secondary N) is 1. The molecular formula is C13H15NO2. The van der Waals surface area contributed by atoms with E-state index in [4.69, 9.17) is 4.74 Å². The summed E-state index contributed by atoms with van der Waals surface area (Å²) in [4.78, 5) is 11.9. The number of carbonyl (C=O) groups excluding carboxylic acids is 1. The van der Waals surface area contributed by atoms with Crippen LogP contribution in [0, 0.1) is 0 Å². The standard InChI is InChI=1S/C13H15NO2/c1-3-16-13(15)12-9(2)14-8-10-6-4-5-7-11(10)12/h4-7,14H,3,8H2,1-2H3. The highest BCUT2D eigenvalue weighted by atomic mass is 16.5. The lowest BCUT2D eigenvalue weighted by molar-refractivity contribution is -0.136. The summed E-state index contributed by atoms with van der Waals surface area (Å²) in [6.07, 6.45) is 0. The van der Waals surface area contributed by atoms with Crippen molar-refractivity contribution in [2.45, 2.75) is 20.4 Å². The van der Waals surface area contributed by atoms with Gasteiger partial charge >= 0.3 is 5.97 Å². The molecule has 1 aliphatic rings. The lowest BCUT2D eigenvalue weighted by atomic mass is 9.95. The molecule has 84 valence electrons. The van der Waals surface area contributed by atoms with Gasteiger partial charge in [0, 0.05) is 12.2 Å². The van der Waals surface area contributed by atoms with Crippen LogP contribution in [0.1, 0.15) is 25.0 Å². The van der Waals surface area contributed by atoms with E-state index in [-0.39, 0.29) is 5.97 Å². The van der Waals surface area contributed by atoms with Gasteiger partial charge in [0.05, 0.1) is 12.2 Å². The number of fused-ring (bicyclic) bond motifs is 1. The van der Waals surface area contributed by atoms with Crippen LogP contribution in [0.15, 0.2) is 30.0 Å². The fourth-order valence-electron chi connectivity index (χ4n) is 1.90. The molecule has 3 nitrogen and oxygen atoms in total. The number of carbonyl (C=O) groups is 1. The van der Waals surface area contributed by atoms with Gasteiger partial charge in [0.15, 0.2) is 0 Å². The predicted octanol–water partition coefficient (Wildman–Crippen LogP) is 2.08. The Hall–Kier alpha value is -1.77. The van der Waals surface area contributed by atoms with E-state index in [2.05, 4.69) is 5.32 Å². The Balaban J connectivity index is 2.45. The molecule has 0 atom stereocenters. The monoisotopic (exact) mass is 217 g/mol. The Morgan fingerprint density at radius 1 is 1.44 bits per heavy atom. The largest absolute Gasteiger partial charge is 0.462 e. The molecule has 1 aromatic carbocycles. The van der Waals surface area contributed by atoms with Crippen LogP contribution >= 0.6 is 0 Å². The molecule has 3 heteroatoms. The molecule has 1 N–H and O–H groups in total. The van der Waals surface area contributed by atoms with E-state index < -0.39 is 0 Å². The molecule has 1 aliphatic heterocycles. The van der Waals surface area contributed by atoms with Gasteiger partial charge in [0.1, 0.15) is 0 Å². The Labute approximate surface area is 95.1 Å². The molecule has 0 spiro atoms. The van der Waals surface area contributed by atoms with E-state index >= 15 is 0 Å². The van der Waals surface area contributed by atoms with Crippen molar-refractivity contribution in [2.24, 2.45) is 0 Å². The zero-order valence-corrected chi connectivity index (χ0v) is 9.54. The van der Waals surface area contributed by atoms with Gasteiger partial charge < -0.3 is 10.1 Å². The quantitative estimate of drug-likeness (QED) is 0.771. The van der Waals surface area contributed by atoms with Crippen molar-refractivity contribution in [1.29, 1.82) is 0 Å². The molecule has 0 unspecified atom stereocenters. The van der Waals surface area contributed by atoms with E-state index in [9.17, 15) is 4.79 Å². The number of hydrogen-bond donors (Lipinski definition) is 1. The van der Waals surface area contributed by atoms with Crippen LogP contribution in [0.2, 0.25) is 0 Å². The zero-order chi connectivity index (χ0) is 11.5. The van der Waals surface area contributed by atoms with E-state index in [0.717, 1.165) is 23.4 Å². The zero-order valence-electron chi connectivity index (χ0n) is 9.54. The van der Waals surface area contributed by atoms with Crippen LogP contribution in [0.4, 0.5) is 0 Å². The second-order valence-corrected chi connectivity index (χ2v) is 3.73. The van der Waals surface area contributed by atoms with Gasteiger partial charge in [0.25, 0.3) is 0 Å². The molecule has 0 aliphatic carbocycles. The Morgan fingerprint density at radius 3 is 2.94 bits per heavy atom. The molecule has 1 heterocycles. The lowest BCUT2D eigenvalue weighted by Crippen LogP contribution is -2.23. The van der Waals surface area contributed by atoms with Crippen molar-refractivity contribution < 1.29 is 9.53 Å². The summed E-state index contributed by atoms with van der Waals surface area (Å²) in [6.45, 7) is 4.89. The maximum atomic E-state index is 11.9. The van der Waals surface area contributed by atoms with Crippen molar-refractivity contribution in [1.82, 2.24) is 5.32 Å². The second kappa shape index (κ2) is 4.39. The first kappa shape index (κ1) is 10.7. The number of esters is 1. The molecule has 16 heavy (non-hydrogen) atoms. The third kappa shape index (κ3) is 1.81. The fraction of sp³-hybridized carbons (Fsp3) is 0.308. The minimum absolute atomic E-state index is 0.250. The molecule has 0 saturated carbocycles. The van der Waals surface area contributed by atoms with E-state index in [1.54, 1.807) is 0 Å². The lowest BCUT2D eigenvalue weighted by Gasteiger charge is -2.21. The molecule has 0 saturated heterocycles. The topological polar surface area (TPSA) is 38.3 Å². The molecule has 2 rings (SSSR count). The Kier molecular flexibility index (Phi) is 2.95. The molecule has 1 aromatic rings. The number of ether oxygens (including phenoxy) is 1. The summed E-state index contributed by atoms with van der Waals surface area (Å²) in [6, 6.07) is 7.90. The summed E-state index contributed by atoms with van der Waals surface area (Å²) in [5, 5.41) is 3.21. The van der Waals surface area contributed by atoms with E-state index in [0.29, 0.717) is 12.2 Å². The first-order valence-electron chi connectivity index (χ1n) is 5.44. The summed E-state index contributed by atoms with van der Waals surface area (Å²) >= 11 is 0. The van der Waals surface area contributed by atoms with Gasteiger partial charge in [-0.25, -0.2) is 4.79 Å². The summed E-state index contributed by atoms with van der Waals surface area (Å²) in [5.74, 6) is -0.250. The fourth-order valence-corrected chi connectivity index (χ4v) is 1.90. The van der Waals surface area contributed by atoms with E-state index in [1.165, 1.54) is 0 Å². The van der Waals surface area contributed by atoms with Gasteiger partial charge in [0.2, 0.25) is 0 Å². The molecule has 0 radical (unpaired) electrons. The SMILES string of the molecule is CCOC(=O)C1=C(C)NCc2ccccc21.